The molecular weight excluding hydrogens is 386 g/mol. The van der Waals surface area contributed by atoms with Crippen LogP contribution < -0.4 is 4.74 Å². The van der Waals surface area contributed by atoms with E-state index in [0.29, 0.717) is 12.2 Å². The molecule has 0 aliphatic carbocycles. The number of unbranched alkanes of at least 4 members (excludes halogenated alkanes) is 14. The zero-order chi connectivity index (χ0) is 18.7. The molecule has 1 rings (SSSR count). The van der Waals surface area contributed by atoms with Gasteiger partial charge in [0.1, 0.15) is 5.75 Å². The van der Waals surface area contributed by atoms with E-state index in [-0.39, 0.29) is 25.4 Å². The van der Waals surface area contributed by atoms with Gasteiger partial charge in [0.05, 0.1) is 0 Å². The molecule has 0 aliphatic heterocycles. The van der Waals surface area contributed by atoms with Gasteiger partial charge >= 0.3 is 5.97 Å². The van der Waals surface area contributed by atoms with Crippen molar-refractivity contribution in [2.24, 2.45) is 0 Å². The second-order valence-corrected chi connectivity index (χ2v) is 7.49. The summed E-state index contributed by atoms with van der Waals surface area (Å²) in [6.45, 7) is 2.28. The van der Waals surface area contributed by atoms with Gasteiger partial charge in [0.15, 0.2) is 0 Å². The average molecular weight is 426 g/mol. The first-order valence-electron chi connectivity index (χ1n) is 11.1. The summed E-state index contributed by atoms with van der Waals surface area (Å²) in [7, 11) is 0. The molecule has 0 unspecified atom stereocenters. The van der Waals surface area contributed by atoms with Crippen LogP contribution in [0, 0.1) is 0 Å². The maximum atomic E-state index is 11.7. The Kier molecular flexibility index (Phi) is 19.5. The summed E-state index contributed by atoms with van der Waals surface area (Å²) < 4.78 is 5.29. The summed E-state index contributed by atoms with van der Waals surface area (Å²) in [6, 6.07) is 9.34. The molecule has 2 nitrogen and oxygen atoms in total. The van der Waals surface area contributed by atoms with Gasteiger partial charge in [-0.25, -0.2) is 0 Å². The minimum Gasteiger partial charge on any atom is -0.427 e. The third-order valence-corrected chi connectivity index (χ3v) is 4.96. The monoisotopic (exact) mass is 424 g/mol. The summed E-state index contributed by atoms with van der Waals surface area (Å²) >= 11 is 0. The Balaban J connectivity index is 0.00000676. The maximum Gasteiger partial charge on any atom is 0.311 e. The molecule has 0 saturated carbocycles. The summed E-state index contributed by atoms with van der Waals surface area (Å²) in [5, 5.41) is 0. The molecule has 0 fully saturated rings. The fourth-order valence-electron chi connectivity index (χ4n) is 3.31. The fraction of sp³-hybridized carbons (Fsp3) is 0.708. The summed E-state index contributed by atoms with van der Waals surface area (Å²) in [4.78, 5) is 11.7. The molecule has 0 atom stereocenters. The van der Waals surface area contributed by atoms with Crippen LogP contribution in [0.5, 0.6) is 5.75 Å². The van der Waals surface area contributed by atoms with E-state index in [1.54, 1.807) is 0 Å². The summed E-state index contributed by atoms with van der Waals surface area (Å²) in [6.07, 6.45) is 20.7. The molecule has 1 aromatic rings. The van der Waals surface area contributed by atoms with Crippen molar-refractivity contribution in [3.8, 4) is 5.75 Å². The van der Waals surface area contributed by atoms with Gasteiger partial charge in [-0.1, -0.05) is 115 Å². The van der Waals surface area contributed by atoms with Crippen molar-refractivity contribution in [1.29, 1.82) is 0 Å². The van der Waals surface area contributed by atoms with Crippen LogP contribution in [0.25, 0.3) is 0 Å². The fourth-order valence-corrected chi connectivity index (χ4v) is 3.31. The van der Waals surface area contributed by atoms with E-state index in [0.717, 1.165) is 12.8 Å². The molecule has 0 amide bonds. The topological polar surface area (TPSA) is 26.3 Å². The van der Waals surface area contributed by atoms with E-state index >= 15 is 0 Å². The number of rotatable bonds is 17. The molecule has 0 saturated heterocycles. The van der Waals surface area contributed by atoms with E-state index in [2.05, 4.69) is 6.92 Å². The number of hydrogen-bond donors (Lipinski definition) is 0. The SMILES string of the molecule is CCCCCCCCCCCCCCCCCC(=O)Oc1ccccc1.[Zn]. The Morgan fingerprint density at radius 2 is 1.07 bits per heavy atom. The van der Waals surface area contributed by atoms with E-state index in [4.69, 9.17) is 4.74 Å². The van der Waals surface area contributed by atoms with Crippen LogP contribution in [0.3, 0.4) is 0 Å². The van der Waals surface area contributed by atoms with Gasteiger partial charge < -0.3 is 4.74 Å². The van der Waals surface area contributed by atoms with E-state index in [1.807, 2.05) is 30.3 Å². The predicted molar refractivity (Wildman–Crippen MR) is 112 cm³/mol. The largest absolute Gasteiger partial charge is 0.427 e. The van der Waals surface area contributed by atoms with Crippen LogP contribution in [0.4, 0.5) is 0 Å². The molecule has 150 valence electrons. The number of esters is 1. The average Bonchev–Trinajstić information content (AvgIpc) is 2.65. The molecule has 0 aliphatic rings. The Morgan fingerprint density at radius 1 is 0.667 bits per heavy atom. The van der Waals surface area contributed by atoms with E-state index < -0.39 is 0 Å². The van der Waals surface area contributed by atoms with Gasteiger partial charge in [0.25, 0.3) is 0 Å². The van der Waals surface area contributed by atoms with Crippen molar-refractivity contribution in [1.82, 2.24) is 0 Å². The van der Waals surface area contributed by atoms with Crippen LogP contribution in [-0.2, 0) is 24.3 Å². The van der Waals surface area contributed by atoms with Gasteiger partial charge in [-0.15, -0.1) is 0 Å². The Morgan fingerprint density at radius 3 is 1.52 bits per heavy atom. The van der Waals surface area contributed by atoms with Gasteiger partial charge in [-0.3, -0.25) is 4.79 Å². The van der Waals surface area contributed by atoms with Crippen LogP contribution >= 0.6 is 0 Å². The third-order valence-electron chi connectivity index (χ3n) is 4.96. The zero-order valence-electron chi connectivity index (χ0n) is 17.7. The molecule has 0 N–H and O–H groups in total. The first kappa shape index (κ1) is 26.3. The molecule has 0 spiro atoms. The zero-order valence-corrected chi connectivity index (χ0v) is 20.7. The number of hydrogen-bond acceptors (Lipinski definition) is 2. The number of benzene rings is 1. The Bertz CT molecular complexity index is 433. The minimum absolute atomic E-state index is 0. The van der Waals surface area contributed by atoms with Crippen molar-refractivity contribution < 1.29 is 29.0 Å². The standard InChI is InChI=1S/C24H40O2.Zn/c1-2-3-4-5-6-7-8-9-10-11-12-13-14-15-19-22-24(25)26-23-20-17-16-18-21-23;/h16-18,20-21H,2-15,19,22H2,1H3;. The maximum absolute atomic E-state index is 11.7. The van der Waals surface area contributed by atoms with Crippen LogP contribution in [-0.4, -0.2) is 5.97 Å². The van der Waals surface area contributed by atoms with Crippen molar-refractivity contribution in [2.45, 2.75) is 110 Å². The van der Waals surface area contributed by atoms with Crippen LogP contribution in [0.1, 0.15) is 110 Å². The molecule has 1 aromatic carbocycles. The molecule has 0 bridgehead atoms. The molecule has 0 heterocycles. The second-order valence-electron chi connectivity index (χ2n) is 7.49. The molecule has 27 heavy (non-hydrogen) atoms. The molecule has 0 radical (unpaired) electrons. The smallest absolute Gasteiger partial charge is 0.311 e. The summed E-state index contributed by atoms with van der Waals surface area (Å²) in [5.74, 6) is 0.546. The first-order chi connectivity index (χ1) is 12.8. The van der Waals surface area contributed by atoms with Gasteiger partial charge in [0.2, 0.25) is 0 Å². The quantitative estimate of drug-likeness (QED) is 0.110. The van der Waals surface area contributed by atoms with E-state index in [1.165, 1.54) is 83.5 Å². The Labute approximate surface area is 180 Å². The van der Waals surface area contributed by atoms with Crippen molar-refractivity contribution in [3.63, 3.8) is 0 Å². The number of carbonyl (C=O) groups is 1. The molecule has 3 heteroatoms. The second kappa shape index (κ2) is 20.1. The van der Waals surface area contributed by atoms with Gasteiger partial charge in [-0.05, 0) is 18.6 Å². The van der Waals surface area contributed by atoms with E-state index in [9.17, 15) is 4.79 Å². The van der Waals surface area contributed by atoms with Crippen molar-refractivity contribution in [2.75, 3.05) is 0 Å². The van der Waals surface area contributed by atoms with Crippen molar-refractivity contribution >= 4 is 5.97 Å². The van der Waals surface area contributed by atoms with Crippen LogP contribution in [0.15, 0.2) is 30.3 Å². The minimum atomic E-state index is -0.106. The van der Waals surface area contributed by atoms with Gasteiger partial charge in [0, 0.05) is 25.9 Å². The van der Waals surface area contributed by atoms with Gasteiger partial charge in [-0.2, -0.15) is 0 Å². The Hall–Kier alpha value is -0.687. The number of carbonyl (C=O) groups excluding carboxylic acids is 1. The van der Waals surface area contributed by atoms with Crippen LogP contribution in [0.2, 0.25) is 0 Å². The third kappa shape index (κ3) is 17.2. The molecule has 0 aromatic heterocycles. The molecular formula is C24H40O2Zn. The summed E-state index contributed by atoms with van der Waals surface area (Å²) in [5.41, 5.74) is 0. The first-order valence-corrected chi connectivity index (χ1v) is 11.1. The number of para-hydroxylation sites is 1. The predicted octanol–water partition coefficient (Wildman–Crippen LogP) is 7.85. The van der Waals surface area contributed by atoms with Crippen molar-refractivity contribution in [3.05, 3.63) is 30.3 Å². The number of ether oxygens (including phenoxy) is 1. The normalized spacial score (nSPS) is 10.4.